The molecule has 0 atom stereocenters. The smallest absolute Gasteiger partial charge is 0.340 e. The average Bonchev–Trinajstić information content (AvgIpc) is 2.68. The van der Waals surface area contributed by atoms with E-state index in [1.165, 1.54) is 10.4 Å². The lowest BCUT2D eigenvalue weighted by molar-refractivity contribution is 0.0473. The van der Waals surface area contributed by atoms with Gasteiger partial charge >= 0.3 is 5.97 Å². The van der Waals surface area contributed by atoms with Crippen molar-refractivity contribution in [2.75, 3.05) is 26.3 Å². The van der Waals surface area contributed by atoms with Gasteiger partial charge in [0, 0.05) is 28.7 Å². The maximum atomic E-state index is 12.9. The zero-order valence-corrected chi connectivity index (χ0v) is 18.7. The molecule has 1 aliphatic rings. The molecule has 2 aromatic carbocycles. The number of esters is 1. The molecule has 0 aliphatic carbocycles. The lowest BCUT2D eigenvalue weighted by Crippen LogP contribution is -2.40. The molecule has 0 N–H and O–H groups in total. The molecule has 1 heterocycles. The van der Waals surface area contributed by atoms with Crippen molar-refractivity contribution in [2.45, 2.75) is 11.5 Å². The second-order valence-corrected chi connectivity index (χ2v) is 9.59. The molecular formula is C18H15Cl4NO5S. The third-order valence-corrected chi connectivity index (χ3v) is 7.62. The molecule has 2 aromatic rings. The van der Waals surface area contributed by atoms with Crippen LogP contribution in [0.3, 0.4) is 0 Å². The van der Waals surface area contributed by atoms with Crippen LogP contribution in [0.1, 0.15) is 15.9 Å². The van der Waals surface area contributed by atoms with Gasteiger partial charge in [-0.25, -0.2) is 13.2 Å². The molecule has 11 heteroatoms. The van der Waals surface area contributed by atoms with E-state index in [2.05, 4.69) is 0 Å². The molecule has 0 bridgehead atoms. The van der Waals surface area contributed by atoms with E-state index < -0.39 is 16.0 Å². The summed E-state index contributed by atoms with van der Waals surface area (Å²) in [4.78, 5) is 12.3. The molecule has 6 nitrogen and oxygen atoms in total. The van der Waals surface area contributed by atoms with Gasteiger partial charge in [0.1, 0.15) is 11.5 Å². The maximum Gasteiger partial charge on any atom is 0.340 e. The minimum atomic E-state index is -3.93. The van der Waals surface area contributed by atoms with Crippen molar-refractivity contribution in [3.63, 3.8) is 0 Å². The van der Waals surface area contributed by atoms with Crippen molar-refractivity contribution in [3.05, 3.63) is 61.5 Å². The Morgan fingerprint density at radius 2 is 1.62 bits per heavy atom. The molecule has 3 rings (SSSR count). The molecule has 0 saturated carbocycles. The standard InChI is InChI=1S/C18H15Cl4NO5S/c19-13-2-1-3-14(20)12(13)10-28-18(24)11-8-17(16(22)9-15(11)21)29(25,26)23-4-6-27-7-5-23/h1-3,8-9H,4-7,10H2. The summed E-state index contributed by atoms with van der Waals surface area (Å²) in [5.74, 6) is -0.832. The Bertz CT molecular complexity index is 1020. The predicted octanol–water partition coefficient (Wildman–Crippen LogP) is 4.68. The van der Waals surface area contributed by atoms with Crippen molar-refractivity contribution < 1.29 is 22.7 Å². The third kappa shape index (κ3) is 4.99. The van der Waals surface area contributed by atoms with Crippen LogP contribution in [-0.4, -0.2) is 45.0 Å². The van der Waals surface area contributed by atoms with Crippen LogP contribution in [0.5, 0.6) is 0 Å². The molecule has 29 heavy (non-hydrogen) atoms. The third-order valence-electron chi connectivity index (χ3n) is 4.24. The molecule has 1 fully saturated rings. The first-order valence-electron chi connectivity index (χ1n) is 8.38. The highest BCUT2D eigenvalue weighted by Crippen LogP contribution is 2.32. The highest BCUT2D eigenvalue weighted by molar-refractivity contribution is 7.89. The fourth-order valence-electron chi connectivity index (χ4n) is 2.69. The molecule has 0 aromatic heterocycles. The number of rotatable bonds is 5. The van der Waals surface area contributed by atoms with E-state index >= 15 is 0 Å². The van der Waals surface area contributed by atoms with Crippen molar-refractivity contribution in [1.82, 2.24) is 4.31 Å². The Morgan fingerprint density at radius 1 is 1.00 bits per heavy atom. The van der Waals surface area contributed by atoms with Crippen molar-refractivity contribution in [2.24, 2.45) is 0 Å². The van der Waals surface area contributed by atoms with Gasteiger partial charge in [0.05, 0.1) is 28.8 Å². The number of ether oxygens (including phenoxy) is 2. The maximum absolute atomic E-state index is 12.9. The number of sulfonamides is 1. The fourth-order valence-corrected chi connectivity index (χ4v) is 5.43. The molecule has 0 unspecified atom stereocenters. The van der Waals surface area contributed by atoms with Crippen LogP contribution in [0.4, 0.5) is 0 Å². The predicted molar refractivity (Wildman–Crippen MR) is 112 cm³/mol. The van der Waals surface area contributed by atoms with E-state index in [1.54, 1.807) is 18.2 Å². The normalized spacial score (nSPS) is 15.3. The van der Waals surface area contributed by atoms with Crippen LogP contribution in [-0.2, 0) is 26.1 Å². The van der Waals surface area contributed by atoms with Gasteiger partial charge in [0.25, 0.3) is 0 Å². The summed E-state index contributed by atoms with van der Waals surface area (Å²) < 4.78 is 37.5. The lowest BCUT2D eigenvalue weighted by Gasteiger charge is -2.26. The molecule has 0 amide bonds. The first kappa shape index (κ1) is 22.6. The summed E-state index contributed by atoms with van der Waals surface area (Å²) in [5.41, 5.74) is 0.293. The summed E-state index contributed by atoms with van der Waals surface area (Å²) in [6.07, 6.45) is 0. The first-order chi connectivity index (χ1) is 13.7. The van der Waals surface area contributed by atoms with E-state index in [0.717, 1.165) is 6.07 Å². The van der Waals surface area contributed by atoms with E-state index in [1.807, 2.05) is 0 Å². The molecule has 0 radical (unpaired) electrons. The zero-order chi connectivity index (χ0) is 21.2. The first-order valence-corrected chi connectivity index (χ1v) is 11.3. The number of carbonyl (C=O) groups is 1. The highest BCUT2D eigenvalue weighted by atomic mass is 35.5. The van der Waals surface area contributed by atoms with Crippen LogP contribution < -0.4 is 0 Å². The van der Waals surface area contributed by atoms with E-state index in [-0.39, 0.29) is 53.4 Å². The minimum absolute atomic E-state index is 0.0359. The number of benzene rings is 2. The Hall–Kier alpha value is -1.06. The van der Waals surface area contributed by atoms with Gasteiger partial charge in [-0.15, -0.1) is 0 Å². The average molecular weight is 499 g/mol. The SMILES string of the molecule is O=C(OCc1c(Cl)cccc1Cl)c1cc(S(=O)(=O)N2CCOCC2)c(Cl)cc1Cl. The summed E-state index contributed by atoms with van der Waals surface area (Å²) in [7, 11) is -3.93. The second-order valence-electron chi connectivity index (χ2n) is 6.06. The number of hydrogen-bond acceptors (Lipinski definition) is 5. The van der Waals surface area contributed by atoms with Crippen molar-refractivity contribution in [1.29, 1.82) is 0 Å². The Labute approximate surface area is 188 Å². The van der Waals surface area contributed by atoms with Gasteiger partial charge in [-0.05, 0) is 24.3 Å². The lowest BCUT2D eigenvalue weighted by atomic mass is 10.2. The fraction of sp³-hybridized carbons (Fsp3) is 0.278. The summed E-state index contributed by atoms with van der Waals surface area (Å²) >= 11 is 24.4. The van der Waals surface area contributed by atoms with Crippen molar-refractivity contribution in [3.8, 4) is 0 Å². The number of carbonyl (C=O) groups excluding carboxylic acids is 1. The number of halogens is 4. The van der Waals surface area contributed by atoms with E-state index in [4.69, 9.17) is 55.9 Å². The van der Waals surface area contributed by atoms with Crippen molar-refractivity contribution >= 4 is 62.4 Å². The Morgan fingerprint density at radius 3 is 2.24 bits per heavy atom. The van der Waals surface area contributed by atoms with Gasteiger partial charge in [-0.2, -0.15) is 4.31 Å². The molecule has 156 valence electrons. The topological polar surface area (TPSA) is 72.9 Å². The number of nitrogens with zero attached hydrogens (tertiary/aromatic N) is 1. The Kier molecular flexibility index (Phi) is 7.32. The summed E-state index contributed by atoms with van der Waals surface area (Å²) in [6, 6.07) is 7.20. The van der Waals surface area contributed by atoms with Crippen LogP contribution in [0, 0.1) is 0 Å². The van der Waals surface area contributed by atoms with Crippen LogP contribution >= 0.6 is 46.4 Å². The van der Waals surface area contributed by atoms with Gasteiger partial charge in [-0.3, -0.25) is 0 Å². The largest absolute Gasteiger partial charge is 0.457 e. The number of morpholine rings is 1. The van der Waals surface area contributed by atoms with Gasteiger partial charge in [-0.1, -0.05) is 52.5 Å². The molecular weight excluding hydrogens is 484 g/mol. The van der Waals surface area contributed by atoms with Crippen LogP contribution in [0.25, 0.3) is 0 Å². The van der Waals surface area contributed by atoms with Crippen LogP contribution in [0.2, 0.25) is 20.1 Å². The minimum Gasteiger partial charge on any atom is -0.457 e. The summed E-state index contributed by atoms with van der Waals surface area (Å²) in [6.45, 7) is 0.718. The van der Waals surface area contributed by atoms with Crippen LogP contribution in [0.15, 0.2) is 35.2 Å². The van der Waals surface area contributed by atoms with Gasteiger partial charge in [0.15, 0.2) is 0 Å². The molecule has 1 aliphatic heterocycles. The zero-order valence-electron chi connectivity index (χ0n) is 14.8. The quantitative estimate of drug-likeness (QED) is 0.559. The summed E-state index contributed by atoms with van der Waals surface area (Å²) in [5, 5.41) is 0.546. The van der Waals surface area contributed by atoms with Gasteiger partial charge in [0.2, 0.25) is 10.0 Å². The highest BCUT2D eigenvalue weighted by Gasteiger charge is 2.30. The molecule has 1 saturated heterocycles. The van der Waals surface area contributed by atoms with Gasteiger partial charge < -0.3 is 9.47 Å². The second kappa shape index (κ2) is 9.39. The Balaban J connectivity index is 1.88. The molecule has 0 spiro atoms. The monoisotopic (exact) mass is 497 g/mol. The number of hydrogen-bond donors (Lipinski definition) is 0. The van der Waals surface area contributed by atoms with E-state index in [0.29, 0.717) is 15.6 Å². The van der Waals surface area contributed by atoms with E-state index in [9.17, 15) is 13.2 Å².